The fraction of sp³-hybridized carbons (Fsp3) is 0.750. The SMILES string of the molecule is CCOC(=O)[C@H](CCCCC(=O)OC)NC(C)=O. The van der Waals surface area contributed by atoms with Gasteiger partial charge in [-0.2, -0.15) is 0 Å². The lowest BCUT2D eigenvalue weighted by molar-refractivity contribution is -0.147. The van der Waals surface area contributed by atoms with Gasteiger partial charge in [0.05, 0.1) is 13.7 Å². The summed E-state index contributed by atoms with van der Waals surface area (Å²) >= 11 is 0. The standard InChI is InChI=1S/C12H21NO5/c1-4-18-12(16)10(13-9(2)14)7-5-6-8-11(15)17-3/h10H,4-8H2,1-3H3,(H,13,14)/t10-/m0/s1. The molecule has 0 radical (unpaired) electrons. The molecule has 1 amide bonds. The van der Waals surface area contributed by atoms with Crippen molar-refractivity contribution < 1.29 is 23.9 Å². The molecule has 0 spiro atoms. The Morgan fingerprint density at radius 3 is 2.39 bits per heavy atom. The van der Waals surface area contributed by atoms with Crippen LogP contribution in [0.15, 0.2) is 0 Å². The first kappa shape index (κ1) is 16.4. The Morgan fingerprint density at radius 2 is 1.89 bits per heavy atom. The topological polar surface area (TPSA) is 81.7 Å². The highest BCUT2D eigenvalue weighted by Gasteiger charge is 2.20. The van der Waals surface area contributed by atoms with E-state index in [1.54, 1.807) is 6.92 Å². The summed E-state index contributed by atoms with van der Waals surface area (Å²) in [5.41, 5.74) is 0. The van der Waals surface area contributed by atoms with Crippen LogP contribution in [0, 0.1) is 0 Å². The van der Waals surface area contributed by atoms with Gasteiger partial charge >= 0.3 is 11.9 Å². The molecule has 0 unspecified atom stereocenters. The van der Waals surface area contributed by atoms with Crippen LogP contribution < -0.4 is 5.32 Å². The van der Waals surface area contributed by atoms with Crippen molar-refractivity contribution in [1.29, 1.82) is 0 Å². The molecule has 0 saturated heterocycles. The van der Waals surface area contributed by atoms with Crippen molar-refractivity contribution in [1.82, 2.24) is 5.32 Å². The molecule has 6 heteroatoms. The number of unbranched alkanes of at least 4 members (excludes halogenated alkanes) is 1. The quantitative estimate of drug-likeness (QED) is 0.514. The number of amides is 1. The Balaban J connectivity index is 4.04. The molecule has 1 atom stereocenters. The molecule has 0 aromatic rings. The molecule has 0 aromatic carbocycles. The molecular formula is C12H21NO5. The van der Waals surface area contributed by atoms with Gasteiger partial charge in [0, 0.05) is 13.3 Å². The van der Waals surface area contributed by atoms with Crippen LogP contribution >= 0.6 is 0 Å². The van der Waals surface area contributed by atoms with Gasteiger partial charge in [-0.05, 0) is 19.8 Å². The number of carbonyl (C=O) groups is 3. The first-order valence-corrected chi connectivity index (χ1v) is 6.01. The van der Waals surface area contributed by atoms with Crippen LogP contribution in [0.5, 0.6) is 0 Å². The molecule has 0 rings (SSSR count). The number of esters is 2. The van der Waals surface area contributed by atoms with Crippen LogP contribution in [0.3, 0.4) is 0 Å². The fourth-order valence-corrected chi connectivity index (χ4v) is 1.46. The molecule has 18 heavy (non-hydrogen) atoms. The van der Waals surface area contributed by atoms with E-state index in [0.717, 1.165) is 0 Å². The number of ether oxygens (including phenoxy) is 2. The molecule has 104 valence electrons. The first-order valence-electron chi connectivity index (χ1n) is 6.01. The second-order valence-electron chi connectivity index (χ2n) is 3.83. The van der Waals surface area contributed by atoms with Crippen LogP contribution in [0.25, 0.3) is 0 Å². The maximum atomic E-state index is 11.5. The lowest BCUT2D eigenvalue weighted by atomic mass is 10.1. The number of methoxy groups -OCH3 is 1. The zero-order chi connectivity index (χ0) is 14.0. The van der Waals surface area contributed by atoms with E-state index >= 15 is 0 Å². The van der Waals surface area contributed by atoms with Crippen molar-refractivity contribution >= 4 is 17.8 Å². The van der Waals surface area contributed by atoms with Crippen molar-refractivity contribution in [2.75, 3.05) is 13.7 Å². The normalized spacial score (nSPS) is 11.5. The van der Waals surface area contributed by atoms with Gasteiger partial charge in [-0.1, -0.05) is 6.42 Å². The van der Waals surface area contributed by atoms with E-state index in [1.807, 2.05) is 0 Å². The molecule has 0 fully saturated rings. The Bertz CT molecular complexity index is 290. The summed E-state index contributed by atoms with van der Waals surface area (Å²) in [6.07, 6.45) is 2.02. The third kappa shape index (κ3) is 7.65. The molecule has 0 heterocycles. The van der Waals surface area contributed by atoms with Crippen molar-refractivity contribution in [2.24, 2.45) is 0 Å². The van der Waals surface area contributed by atoms with Gasteiger partial charge < -0.3 is 14.8 Å². The van der Waals surface area contributed by atoms with E-state index in [-0.39, 0.29) is 18.5 Å². The molecule has 0 aliphatic rings. The zero-order valence-corrected chi connectivity index (χ0v) is 11.2. The summed E-state index contributed by atoms with van der Waals surface area (Å²) in [4.78, 5) is 33.4. The number of hydrogen-bond donors (Lipinski definition) is 1. The van der Waals surface area contributed by atoms with Gasteiger partial charge in [-0.3, -0.25) is 9.59 Å². The van der Waals surface area contributed by atoms with E-state index in [1.165, 1.54) is 14.0 Å². The molecular weight excluding hydrogens is 238 g/mol. The maximum Gasteiger partial charge on any atom is 0.328 e. The molecule has 0 saturated carbocycles. The average molecular weight is 259 g/mol. The van der Waals surface area contributed by atoms with E-state index in [9.17, 15) is 14.4 Å². The second-order valence-corrected chi connectivity index (χ2v) is 3.83. The van der Waals surface area contributed by atoms with Crippen molar-refractivity contribution in [3.8, 4) is 0 Å². The Kier molecular flexibility index (Phi) is 8.61. The molecule has 0 bridgehead atoms. The molecule has 0 aliphatic carbocycles. The van der Waals surface area contributed by atoms with Crippen LogP contribution in [0.1, 0.15) is 39.5 Å². The smallest absolute Gasteiger partial charge is 0.328 e. The summed E-state index contributed by atoms with van der Waals surface area (Å²) in [6, 6.07) is -0.639. The third-order valence-corrected chi connectivity index (χ3v) is 2.30. The van der Waals surface area contributed by atoms with Crippen LogP contribution in [0.4, 0.5) is 0 Å². The van der Waals surface area contributed by atoms with Crippen LogP contribution in [-0.2, 0) is 23.9 Å². The number of hydrogen-bond acceptors (Lipinski definition) is 5. The van der Waals surface area contributed by atoms with Crippen LogP contribution in [0.2, 0.25) is 0 Å². The lowest BCUT2D eigenvalue weighted by Gasteiger charge is -2.15. The highest BCUT2D eigenvalue weighted by molar-refractivity contribution is 5.83. The Labute approximate surface area is 107 Å². The highest BCUT2D eigenvalue weighted by atomic mass is 16.5. The Hall–Kier alpha value is -1.59. The van der Waals surface area contributed by atoms with Gasteiger partial charge in [0.1, 0.15) is 6.04 Å². The predicted octanol–water partition coefficient (Wildman–Crippen LogP) is 0.788. The highest BCUT2D eigenvalue weighted by Crippen LogP contribution is 2.06. The lowest BCUT2D eigenvalue weighted by Crippen LogP contribution is -2.40. The summed E-state index contributed by atoms with van der Waals surface area (Å²) in [7, 11) is 1.33. The zero-order valence-electron chi connectivity index (χ0n) is 11.2. The van der Waals surface area contributed by atoms with Gasteiger partial charge in [-0.15, -0.1) is 0 Å². The fourth-order valence-electron chi connectivity index (χ4n) is 1.46. The number of rotatable bonds is 8. The van der Waals surface area contributed by atoms with Crippen LogP contribution in [-0.4, -0.2) is 37.6 Å². The minimum absolute atomic E-state index is 0.275. The molecule has 0 aliphatic heterocycles. The largest absolute Gasteiger partial charge is 0.469 e. The summed E-state index contributed by atoms with van der Waals surface area (Å²) in [5.74, 6) is -0.992. The van der Waals surface area contributed by atoms with E-state index in [2.05, 4.69) is 10.1 Å². The van der Waals surface area contributed by atoms with Gasteiger partial charge in [-0.25, -0.2) is 4.79 Å². The molecule has 0 aromatic heterocycles. The van der Waals surface area contributed by atoms with Crippen molar-refractivity contribution in [2.45, 2.75) is 45.6 Å². The van der Waals surface area contributed by atoms with Gasteiger partial charge in [0.2, 0.25) is 5.91 Å². The van der Waals surface area contributed by atoms with Crippen molar-refractivity contribution in [3.63, 3.8) is 0 Å². The molecule has 1 N–H and O–H groups in total. The average Bonchev–Trinajstić information content (AvgIpc) is 2.32. The van der Waals surface area contributed by atoms with E-state index in [4.69, 9.17) is 4.74 Å². The van der Waals surface area contributed by atoms with Gasteiger partial charge in [0.25, 0.3) is 0 Å². The summed E-state index contributed by atoms with van der Waals surface area (Å²) in [6.45, 7) is 3.33. The first-order chi connectivity index (χ1) is 8.51. The summed E-state index contributed by atoms with van der Waals surface area (Å²) in [5, 5.41) is 2.54. The maximum absolute atomic E-state index is 11.5. The van der Waals surface area contributed by atoms with Crippen molar-refractivity contribution in [3.05, 3.63) is 0 Å². The summed E-state index contributed by atoms with van der Waals surface area (Å²) < 4.78 is 9.37. The predicted molar refractivity (Wildman–Crippen MR) is 64.7 cm³/mol. The number of carbonyl (C=O) groups excluding carboxylic acids is 3. The minimum atomic E-state index is -0.639. The van der Waals surface area contributed by atoms with E-state index < -0.39 is 12.0 Å². The monoisotopic (exact) mass is 259 g/mol. The number of nitrogens with one attached hydrogen (secondary N) is 1. The molecule has 6 nitrogen and oxygen atoms in total. The van der Waals surface area contributed by atoms with E-state index in [0.29, 0.717) is 25.7 Å². The third-order valence-electron chi connectivity index (χ3n) is 2.30. The van der Waals surface area contributed by atoms with Gasteiger partial charge in [0.15, 0.2) is 0 Å². The minimum Gasteiger partial charge on any atom is -0.469 e. The second kappa shape index (κ2) is 9.44. The Morgan fingerprint density at radius 1 is 1.22 bits per heavy atom.